The topological polar surface area (TPSA) is 46.9 Å². The van der Waals surface area contributed by atoms with Crippen molar-refractivity contribution < 1.29 is 9.18 Å². The third kappa shape index (κ3) is 2.56. The third-order valence-corrected chi connectivity index (χ3v) is 3.20. The molecule has 1 unspecified atom stereocenters. The molecule has 1 aromatic carbocycles. The Hall–Kier alpha value is -1.62. The molecule has 0 saturated carbocycles. The fourth-order valence-corrected chi connectivity index (χ4v) is 2.28. The van der Waals surface area contributed by atoms with Crippen molar-refractivity contribution in [3.8, 4) is 0 Å². The van der Waals surface area contributed by atoms with Crippen LogP contribution >= 0.6 is 11.6 Å². The summed E-state index contributed by atoms with van der Waals surface area (Å²) in [6.07, 6.45) is 0. The number of hydrogen-bond acceptors (Lipinski definition) is 2. The average molecular weight is 284 g/mol. The molecule has 2 rings (SSSR count). The number of hydrogen-bond donors (Lipinski definition) is 1. The summed E-state index contributed by atoms with van der Waals surface area (Å²) in [5.74, 6) is 0.252. The minimum absolute atomic E-state index is 0.113. The lowest BCUT2D eigenvalue weighted by atomic mass is 10.2. The minimum Gasteiger partial charge on any atom is -0.355 e. The van der Waals surface area contributed by atoms with Gasteiger partial charge in [0.15, 0.2) is 0 Å². The smallest absolute Gasteiger partial charge is 0.242 e. The van der Waals surface area contributed by atoms with E-state index in [1.54, 1.807) is 17.6 Å². The first-order valence-electron chi connectivity index (χ1n) is 6.08. The number of likely N-dealkylation sites (N-methyl/N-ethyl adjacent to an activating group) is 1. The van der Waals surface area contributed by atoms with E-state index in [2.05, 4.69) is 10.3 Å². The van der Waals surface area contributed by atoms with Gasteiger partial charge in [0.25, 0.3) is 0 Å². The molecule has 0 aliphatic rings. The Morgan fingerprint density at radius 3 is 2.95 bits per heavy atom. The van der Waals surface area contributed by atoms with Gasteiger partial charge in [-0.3, -0.25) is 4.79 Å². The Kier molecular flexibility index (Phi) is 4.04. The molecule has 0 radical (unpaired) electrons. The van der Waals surface area contributed by atoms with Gasteiger partial charge < -0.3 is 9.88 Å². The van der Waals surface area contributed by atoms with Crippen molar-refractivity contribution in [2.75, 3.05) is 6.54 Å². The van der Waals surface area contributed by atoms with Crippen LogP contribution in [-0.4, -0.2) is 22.0 Å². The molecule has 0 aliphatic heterocycles. The maximum atomic E-state index is 13.2. The number of nitrogens with zero attached hydrogens (tertiary/aromatic N) is 2. The van der Waals surface area contributed by atoms with Crippen LogP contribution in [-0.2, 0) is 10.7 Å². The molecule has 0 saturated heterocycles. The molecule has 1 atom stereocenters. The zero-order chi connectivity index (χ0) is 14.0. The highest BCUT2D eigenvalue weighted by atomic mass is 35.5. The summed E-state index contributed by atoms with van der Waals surface area (Å²) in [6.45, 7) is 4.18. The summed E-state index contributed by atoms with van der Waals surface area (Å²) in [5, 5.41) is 2.76. The molecule has 1 N–H and O–H groups in total. The Balaban J connectivity index is 2.54. The number of alkyl halides is 1. The molecule has 0 spiro atoms. The average Bonchev–Trinajstić information content (AvgIpc) is 2.75. The number of nitrogens with one attached hydrogen (secondary N) is 1. The Bertz CT molecular complexity index is 611. The van der Waals surface area contributed by atoms with Crippen molar-refractivity contribution in [1.82, 2.24) is 14.9 Å². The molecule has 1 aromatic heterocycles. The second-order valence-electron chi connectivity index (χ2n) is 4.24. The van der Waals surface area contributed by atoms with Crippen molar-refractivity contribution in [2.24, 2.45) is 0 Å². The summed E-state index contributed by atoms with van der Waals surface area (Å²) >= 11 is 5.86. The van der Waals surface area contributed by atoms with Gasteiger partial charge >= 0.3 is 0 Å². The number of carbonyl (C=O) groups is 1. The van der Waals surface area contributed by atoms with E-state index in [9.17, 15) is 9.18 Å². The van der Waals surface area contributed by atoms with Crippen LogP contribution < -0.4 is 5.32 Å². The van der Waals surface area contributed by atoms with Gasteiger partial charge in [-0.2, -0.15) is 0 Å². The number of fused-ring (bicyclic) bond motifs is 1. The van der Waals surface area contributed by atoms with Crippen molar-refractivity contribution in [1.29, 1.82) is 0 Å². The van der Waals surface area contributed by atoms with E-state index in [0.717, 1.165) is 0 Å². The minimum atomic E-state index is -0.441. The molecular weight excluding hydrogens is 269 g/mol. The van der Waals surface area contributed by atoms with Crippen LogP contribution in [0.3, 0.4) is 0 Å². The third-order valence-electron chi connectivity index (χ3n) is 2.96. The normalized spacial score (nSPS) is 12.6. The summed E-state index contributed by atoms with van der Waals surface area (Å²) in [5.41, 5.74) is 1.21. The van der Waals surface area contributed by atoms with Gasteiger partial charge in [0, 0.05) is 12.6 Å². The van der Waals surface area contributed by atoms with E-state index >= 15 is 0 Å². The number of aromatic nitrogens is 2. The van der Waals surface area contributed by atoms with Gasteiger partial charge in [-0.15, -0.1) is 11.6 Å². The monoisotopic (exact) mass is 283 g/mol. The van der Waals surface area contributed by atoms with E-state index in [-0.39, 0.29) is 17.6 Å². The predicted molar refractivity (Wildman–Crippen MR) is 72.6 cm³/mol. The van der Waals surface area contributed by atoms with E-state index in [1.807, 2.05) is 6.92 Å². The van der Waals surface area contributed by atoms with Gasteiger partial charge in [0.2, 0.25) is 5.91 Å². The van der Waals surface area contributed by atoms with E-state index < -0.39 is 6.04 Å². The number of imidazole rings is 1. The number of rotatable bonds is 4. The van der Waals surface area contributed by atoms with E-state index in [1.165, 1.54) is 12.1 Å². The van der Waals surface area contributed by atoms with Crippen LogP contribution in [0.5, 0.6) is 0 Å². The number of amides is 1. The molecular formula is C13H15ClFN3O. The summed E-state index contributed by atoms with van der Waals surface area (Å²) in [4.78, 5) is 16.2. The summed E-state index contributed by atoms with van der Waals surface area (Å²) in [6, 6.07) is 3.86. The molecule has 0 aliphatic carbocycles. The first-order chi connectivity index (χ1) is 9.08. The highest BCUT2D eigenvalue weighted by Gasteiger charge is 2.20. The van der Waals surface area contributed by atoms with Gasteiger partial charge in [-0.05, 0) is 26.0 Å². The van der Waals surface area contributed by atoms with Crippen molar-refractivity contribution in [3.05, 3.63) is 29.8 Å². The van der Waals surface area contributed by atoms with Gasteiger partial charge in [-0.1, -0.05) is 0 Å². The first-order valence-corrected chi connectivity index (χ1v) is 6.62. The molecule has 2 aromatic rings. The fraction of sp³-hybridized carbons (Fsp3) is 0.385. The zero-order valence-electron chi connectivity index (χ0n) is 10.8. The van der Waals surface area contributed by atoms with Crippen LogP contribution in [0.15, 0.2) is 18.2 Å². The lowest BCUT2D eigenvalue weighted by Gasteiger charge is -2.16. The summed E-state index contributed by atoms with van der Waals surface area (Å²) in [7, 11) is 0. The number of halogens is 2. The van der Waals surface area contributed by atoms with Crippen LogP contribution in [0.2, 0.25) is 0 Å². The molecule has 0 fully saturated rings. The molecule has 19 heavy (non-hydrogen) atoms. The second-order valence-corrected chi connectivity index (χ2v) is 4.50. The highest BCUT2D eigenvalue weighted by Crippen LogP contribution is 2.23. The van der Waals surface area contributed by atoms with Gasteiger partial charge in [0.05, 0.1) is 16.9 Å². The quantitative estimate of drug-likeness (QED) is 0.877. The lowest BCUT2D eigenvalue weighted by molar-refractivity contribution is -0.123. The van der Waals surface area contributed by atoms with Crippen LogP contribution in [0, 0.1) is 5.82 Å². The Labute approximate surface area is 115 Å². The predicted octanol–water partition coefficient (Wildman–Crippen LogP) is 2.61. The van der Waals surface area contributed by atoms with Crippen LogP contribution in [0.25, 0.3) is 11.0 Å². The van der Waals surface area contributed by atoms with Crippen molar-refractivity contribution >= 4 is 28.5 Å². The molecule has 6 heteroatoms. The Morgan fingerprint density at radius 1 is 1.58 bits per heavy atom. The molecule has 1 heterocycles. The fourth-order valence-electron chi connectivity index (χ4n) is 2.09. The van der Waals surface area contributed by atoms with Crippen molar-refractivity contribution in [3.63, 3.8) is 0 Å². The SMILES string of the molecule is CCNC(=O)C(C)n1c(CCl)nc2cc(F)ccc21. The lowest BCUT2D eigenvalue weighted by Crippen LogP contribution is -2.31. The molecule has 102 valence electrons. The van der Waals surface area contributed by atoms with E-state index in [4.69, 9.17) is 11.6 Å². The Morgan fingerprint density at radius 2 is 2.32 bits per heavy atom. The second kappa shape index (κ2) is 5.57. The summed E-state index contributed by atoms with van der Waals surface area (Å²) < 4.78 is 14.9. The first kappa shape index (κ1) is 13.8. The van der Waals surface area contributed by atoms with E-state index in [0.29, 0.717) is 23.4 Å². The van der Waals surface area contributed by atoms with Crippen molar-refractivity contribution in [2.45, 2.75) is 25.8 Å². The van der Waals surface area contributed by atoms with Gasteiger partial charge in [0.1, 0.15) is 17.7 Å². The van der Waals surface area contributed by atoms with Gasteiger partial charge in [-0.25, -0.2) is 9.37 Å². The molecule has 1 amide bonds. The van der Waals surface area contributed by atoms with Crippen LogP contribution in [0.4, 0.5) is 4.39 Å². The standard InChI is InChI=1S/C13H15ClFN3O/c1-3-16-13(19)8(2)18-11-5-4-9(15)6-10(11)17-12(18)7-14/h4-6,8H,3,7H2,1-2H3,(H,16,19). The number of carbonyl (C=O) groups excluding carboxylic acids is 1. The molecule has 4 nitrogen and oxygen atoms in total. The maximum Gasteiger partial charge on any atom is 0.242 e. The zero-order valence-corrected chi connectivity index (χ0v) is 11.5. The maximum absolute atomic E-state index is 13.2. The highest BCUT2D eigenvalue weighted by molar-refractivity contribution is 6.16. The number of benzene rings is 1. The molecule has 0 bridgehead atoms. The largest absolute Gasteiger partial charge is 0.355 e. The van der Waals surface area contributed by atoms with Crippen LogP contribution in [0.1, 0.15) is 25.7 Å².